The molecule has 9 heteroatoms. The number of hydrogen-bond acceptors (Lipinski definition) is 6. The number of nitrogens with zero attached hydrogens (tertiary/aromatic N) is 3. The van der Waals surface area contributed by atoms with Gasteiger partial charge in [0.15, 0.2) is 0 Å². The van der Waals surface area contributed by atoms with E-state index < -0.39 is 0 Å². The highest BCUT2D eigenvalue weighted by Gasteiger charge is 2.33. The zero-order valence-electron chi connectivity index (χ0n) is 17.1. The number of nitrogens with one attached hydrogen (secondary N) is 1. The summed E-state index contributed by atoms with van der Waals surface area (Å²) in [7, 11) is 3.28. The zero-order chi connectivity index (χ0) is 21.7. The summed E-state index contributed by atoms with van der Waals surface area (Å²) >= 11 is 5.06. The van der Waals surface area contributed by atoms with Gasteiger partial charge < -0.3 is 14.8 Å². The van der Waals surface area contributed by atoms with Crippen LogP contribution in [-0.2, 0) is 4.79 Å². The SMILES string of the molecule is COc1ccc2nc(-n3nc(C)c4c3NC(=O)C[C@@H]4c3ccc(OC)c(Br)c3)sc2c1. The van der Waals surface area contributed by atoms with E-state index in [4.69, 9.17) is 19.6 Å². The molecule has 5 rings (SSSR count). The molecule has 1 aliphatic heterocycles. The number of fused-ring (bicyclic) bond motifs is 2. The lowest BCUT2D eigenvalue weighted by Crippen LogP contribution is -2.25. The molecule has 0 aliphatic carbocycles. The van der Waals surface area contributed by atoms with E-state index in [-0.39, 0.29) is 11.8 Å². The number of anilines is 1. The molecule has 0 bridgehead atoms. The van der Waals surface area contributed by atoms with Gasteiger partial charge in [-0.25, -0.2) is 4.98 Å². The van der Waals surface area contributed by atoms with Gasteiger partial charge in [0, 0.05) is 17.9 Å². The van der Waals surface area contributed by atoms with Gasteiger partial charge in [-0.2, -0.15) is 9.78 Å². The van der Waals surface area contributed by atoms with E-state index in [9.17, 15) is 4.79 Å². The number of hydrogen-bond donors (Lipinski definition) is 1. The van der Waals surface area contributed by atoms with Crippen LogP contribution in [0.3, 0.4) is 0 Å². The zero-order valence-corrected chi connectivity index (χ0v) is 19.5. The van der Waals surface area contributed by atoms with Crippen LogP contribution in [0.5, 0.6) is 11.5 Å². The lowest BCUT2D eigenvalue weighted by atomic mass is 9.86. The number of carbonyl (C=O) groups is 1. The molecule has 4 aromatic rings. The monoisotopic (exact) mass is 498 g/mol. The average molecular weight is 499 g/mol. The minimum Gasteiger partial charge on any atom is -0.497 e. The van der Waals surface area contributed by atoms with Crippen molar-refractivity contribution in [3.05, 3.63) is 57.7 Å². The van der Waals surface area contributed by atoms with E-state index in [0.717, 1.165) is 43.0 Å². The standard InChI is InChI=1S/C22H19BrN4O3S/c1-11-20-14(12-4-7-17(30-3)15(23)8-12)10-19(28)25-21(20)27(26-11)22-24-16-6-5-13(29-2)9-18(16)31-22/h4-9,14H,10H2,1-3H3,(H,25,28)/t14-/m1/s1. The Morgan fingerprint density at radius 1 is 1.19 bits per heavy atom. The van der Waals surface area contributed by atoms with Crippen molar-refractivity contribution in [3.63, 3.8) is 0 Å². The van der Waals surface area contributed by atoms with Crippen LogP contribution in [0.25, 0.3) is 15.3 Å². The summed E-state index contributed by atoms with van der Waals surface area (Å²) in [6.07, 6.45) is 0.356. The summed E-state index contributed by atoms with van der Waals surface area (Å²) in [5.74, 6) is 2.06. The summed E-state index contributed by atoms with van der Waals surface area (Å²) in [5.41, 5.74) is 3.76. The maximum atomic E-state index is 12.6. The topological polar surface area (TPSA) is 78.3 Å². The number of ether oxygens (including phenoxy) is 2. The second kappa shape index (κ2) is 7.65. The lowest BCUT2D eigenvalue weighted by molar-refractivity contribution is -0.116. The normalized spacial score (nSPS) is 15.6. The number of aromatic nitrogens is 3. The molecule has 2 aromatic heterocycles. The van der Waals surface area contributed by atoms with E-state index in [0.29, 0.717) is 17.4 Å². The van der Waals surface area contributed by atoms with Gasteiger partial charge in [-0.1, -0.05) is 17.4 Å². The molecule has 2 aromatic carbocycles. The minimum atomic E-state index is -0.103. The predicted octanol–water partition coefficient (Wildman–Crippen LogP) is 5.04. The van der Waals surface area contributed by atoms with Crippen molar-refractivity contribution in [1.29, 1.82) is 0 Å². The highest BCUT2D eigenvalue weighted by atomic mass is 79.9. The number of amides is 1. The van der Waals surface area contributed by atoms with Crippen LogP contribution < -0.4 is 14.8 Å². The van der Waals surface area contributed by atoms with Crippen molar-refractivity contribution in [2.75, 3.05) is 19.5 Å². The fraction of sp³-hybridized carbons (Fsp3) is 0.227. The Morgan fingerprint density at radius 3 is 2.77 bits per heavy atom. The summed E-state index contributed by atoms with van der Waals surface area (Å²) in [6.45, 7) is 1.97. The molecule has 1 N–H and O–H groups in total. The molecule has 31 heavy (non-hydrogen) atoms. The van der Waals surface area contributed by atoms with Gasteiger partial charge in [0.1, 0.15) is 17.3 Å². The maximum Gasteiger partial charge on any atom is 0.226 e. The molecule has 0 spiro atoms. The summed E-state index contributed by atoms with van der Waals surface area (Å²) in [6, 6.07) is 11.7. The van der Waals surface area contributed by atoms with Crippen LogP contribution in [0.2, 0.25) is 0 Å². The van der Waals surface area contributed by atoms with Crippen molar-refractivity contribution in [2.24, 2.45) is 0 Å². The van der Waals surface area contributed by atoms with Crippen molar-refractivity contribution >= 4 is 49.2 Å². The summed E-state index contributed by atoms with van der Waals surface area (Å²) in [5, 5.41) is 8.47. The van der Waals surface area contributed by atoms with Crippen LogP contribution >= 0.6 is 27.3 Å². The second-order valence-electron chi connectivity index (χ2n) is 7.29. The molecule has 1 atom stereocenters. The van der Waals surface area contributed by atoms with Crippen molar-refractivity contribution in [1.82, 2.24) is 14.8 Å². The first kappa shape index (κ1) is 20.0. The van der Waals surface area contributed by atoms with Crippen LogP contribution in [-0.4, -0.2) is 34.9 Å². The summed E-state index contributed by atoms with van der Waals surface area (Å²) in [4.78, 5) is 17.4. The Kier molecular flexibility index (Phi) is 4.94. The highest BCUT2D eigenvalue weighted by Crippen LogP contribution is 2.42. The number of thiazole rings is 1. The van der Waals surface area contributed by atoms with Crippen molar-refractivity contribution < 1.29 is 14.3 Å². The van der Waals surface area contributed by atoms with Gasteiger partial charge >= 0.3 is 0 Å². The largest absolute Gasteiger partial charge is 0.497 e. The van der Waals surface area contributed by atoms with Gasteiger partial charge in [0.25, 0.3) is 0 Å². The van der Waals surface area contributed by atoms with Gasteiger partial charge in [-0.15, -0.1) is 0 Å². The molecular formula is C22H19BrN4O3S. The predicted molar refractivity (Wildman–Crippen MR) is 124 cm³/mol. The molecule has 0 saturated carbocycles. The van der Waals surface area contributed by atoms with Crippen molar-refractivity contribution in [3.8, 4) is 16.6 Å². The highest BCUT2D eigenvalue weighted by molar-refractivity contribution is 9.10. The molecule has 0 radical (unpaired) electrons. The molecule has 3 heterocycles. The molecule has 158 valence electrons. The molecule has 0 fully saturated rings. The second-order valence-corrected chi connectivity index (χ2v) is 9.15. The van der Waals surface area contributed by atoms with Crippen molar-refractivity contribution in [2.45, 2.75) is 19.3 Å². The van der Waals surface area contributed by atoms with Gasteiger partial charge in [-0.3, -0.25) is 4.79 Å². The third-order valence-electron chi connectivity index (χ3n) is 5.45. The number of methoxy groups -OCH3 is 2. The summed E-state index contributed by atoms with van der Waals surface area (Å²) < 4.78 is 14.3. The molecule has 7 nitrogen and oxygen atoms in total. The van der Waals surface area contributed by atoms with Gasteiger partial charge in [0.2, 0.25) is 11.0 Å². The molecule has 0 saturated heterocycles. The third kappa shape index (κ3) is 3.37. The van der Waals surface area contributed by atoms with E-state index in [1.807, 2.05) is 43.3 Å². The molecule has 1 aliphatic rings. The van der Waals surface area contributed by atoms with E-state index >= 15 is 0 Å². The number of carbonyl (C=O) groups excluding carboxylic acids is 1. The maximum absolute atomic E-state index is 12.6. The first-order valence-corrected chi connectivity index (χ1v) is 11.3. The quantitative estimate of drug-likeness (QED) is 0.426. The minimum absolute atomic E-state index is 0.0478. The van der Waals surface area contributed by atoms with Crippen LogP contribution in [0.1, 0.15) is 29.2 Å². The Labute approximate surface area is 191 Å². The molecule has 0 unspecified atom stereocenters. The molecular weight excluding hydrogens is 480 g/mol. The smallest absolute Gasteiger partial charge is 0.226 e. The third-order valence-corrected chi connectivity index (χ3v) is 7.06. The number of aryl methyl sites for hydroxylation is 1. The van der Waals surface area contributed by atoms with E-state index in [1.165, 1.54) is 11.3 Å². The number of rotatable bonds is 4. The fourth-order valence-electron chi connectivity index (χ4n) is 3.98. The first-order valence-electron chi connectivity index (χ1n) is 9.66. The Balaban J connectivity index is 1.63. The Bertz CT molecular complexity index is 1330. The van der Waals surface area contributed by atoms with E-state index in [2.05, 4.69) is 21.2 Å². The van der Waals surface area contributed by atoms with Gasteiger partial charge in [0.05, 0.1) is 34.6 Å². The Hall–Kier alpha value is -2.91. The van der Waals surface area contributed by atoms with Crippen LogP contribution in [0.4, 0.5) is 5.82 Å². The van der Waals surface area contributed by atoms with Gasteiger partial charge in [-0.05, 0) is 58.7 Å². The average Bonchev–Trinajstić information content (AvgIpc) is 3.33. The van der Waals surface area contributed by atoms with E-state index in [1.54, 1.807) is 18.9 Å². The Morgan fingerprint density at radius 2 is 2.03 bits per heavy atom. The lowest BCUT2D eigenvalue weighted by Gasteiger charge is -2.24. The van der Waals surface area contributed by atoms with Crippen LogP contribution in [0, 0.1) is 6.92 Å². The molecule has 1 amide bonds. The number of benzene rings is 2. The number of halogens is 1. The van der Waals surface area contributed by atoms with Crippen LogP contribution in [0.15, 0.2) is 40.9 Å². The first-order chi connectivity index (χ1) is 15.0. The fourth-order valence-corrected chi connectivity index (χ4v) is 5.49.